The molecule has 0 aliphatic heterocycles. The number of aromatic nitrogens is 1. The van der Waals surface area contributed by atoms with E-state index < -0.39 is 5.95 Å². The Morgan fingerprint density at radius 1 is 1.27 bits per heavy atom. The molecular formula is C12H18FNO. The van der Waals surface area contributed by atoms with Crippen molar-refractivity contribution in [2.24, 2.45) is 0 Å². The molecule has 1 heterocycles. The van der Waals surface area contributed by atoms with Gasteiger partial charge >= 0.3 is 0 Å². The number of hydrogen-bond acceptors (Lipinski definition) is 2. The molecule has 0 aliphatic carbocycles. The van der Waals surface area contributed by atoms with Crippen molar-refractivity contribution in [3.63, 3.8) is 0 Å². The molecule has 1 aromatic heterocycles. The molecule has 2 nitrogen and oxygen atoms in total. The van der Waals surface area contributed by atoms with Crippen LogP contribution in [-0.2, 0) is 0 Å². The molecule has 0 radical (unpaired) electrons. The number of rotatable bonds is 7. The zero-order valence-corrected chi connectivity index (χ0v) is 9.21. The molecule has 1 aromatic rings. The van der Waals surface area contributed by atoms with Gasteiger partial charge in [-0.15, -0.1) is 0 Å². The highest BCUT2D eigenvalue weighted by Gasteiger charge is 1.96. The molecule has 0 fully saturated rings. The average molecular weight is 211 g/mol. The smallest absolute Gasteiger partial charge is 0.216 e. The second-order valence-electron chi connectivity index (χ2n) is 3.58. The summed E-state index contributed by atoms with van der Waals surface area (Å²) >= 11 is 0. The van der Waals surface area contributed by atoms with Gasteiger partial charge in [-0.05, 0) is 12.5 Å². The van der Waals surface area contributed by atoms with E-state index >= 15 is 0 Å². The zero-order valence-electron chi connectivity index (χ0n) is 9.21. The SMILES string of the molecule is CCCCCCCOc1ccnc(F)c1. The van der Waals surface area contributed by atoms with Crippen molar-refractivity contribution in [2.75, 3.05) is 6.61 Å². The van der Waals surface area contributed by atoms with Crippen molar-refractivity contribution in [2.45, 2.75) is 39.0 Å². The maximum Gasteiger partial charge on any atom is 0.216 e. The van der Waals surface area contributed by atoms with Gasteiger partial charge < -0.3 is 4.74 Å². The molecule has 0 spiro atoms. The highest BCUT2D eigenvalue weighted by molar-refractivity contribution is 5.17. The normalized spacial score (nSPS) is 10.3. The molecule has 1 rings (SSSR count). The Kier molecular flexibility index (Phi) is 5.74. The Hall–Kier alpha value is -1.12. The zero-order chi connectivity index (χ0) is 10.9. The number of hydrogen-bond donors (Lipinski definition) is 0. The molecular weight excluding hydrogens is 193 g/mol. The lowest BCUT2D eigenvalue weighted by molar-refractivity contribution is 0.302. The molecule has 0 saturated carbocycles. The maximum absolute atomic E-state index is 12.7. The van der Waals surface area contributed by atoms with Crippen molar-refractivity contribution < 1.29 is 9.13 Å². The number of nitrogens with zero attached hydrogens (tertiary/aromatic N) is 1. The van der Waals surface area contributed by atoms with Gasteiger partial charge in [0.2, 0.25) is 5.95 Å². The Morgan fingerprint density at radius 3 is 2.80 bits per heavy atom. The minimum absolute atomic E-state index is 0.488. The predicted molar refractivity (Wildman–Crippen MR) is 58.4 cm³/mol. The van der Waals surface area contributed by atoms with E-state index in [0.717, 1.165) is 6.42 Å². The van der Waals surface area contributed by atoms with E-state index in [0.29, 0.717) is 12.4 Å². The summed E-state index contributed by atoms with van der Waals surface area (Å²) in [5, 5.41) is 0. The van der Waals surface area contributed by atoms with Crippen LogP contribution >= 0.6 is 0 Å². The van der Waals surface area contributed by atoms with Gasteiger partial charge in [0.15, 0.2) is 0 Å². The predicted octanol–water partition coefficient (Wildman–Crippen LogP) is 3.57. The monoisotopic (exact) mass is 211 g/mol. The van der Waals surface area contributed by atoms with Gasteiger partial charge in [0, 0.05) is 12.3 Å². The molecule has 0 N–H and O–H groups in total. The summed E-state index contributed by atoms with van der Waals surface area (Å²) in [5.41, 5.74) is 0. The molecule has 0 aliphatic rings. The fraction of sp³-hybridized carbons (Fsp3) is 0.583. The molecule has 0 atom stereocenters. The van der Waals surface area contributed by atoms with Crippen LogP contribution in [0, 0.1) is 5.95 Å². The third kappa shape index (κ3) is 5.35. The number of unbranched alkanes of at least 4 members (excludes halogenated alkanes) is 4. The minimum Gasteiger partial charge on any atom is -0.493 e. The second kappa shape index (κ2) is 7.21. The van der Waals surface area contributed by atoms with Crippen molar-refractivity contribution in [1.82, 2.24) is 4.98 Å². The van der Waals surface area contributed by atoms with Crippen molar-refractivity contribution in [3.8, 4) is 5.75 Å². The molecule has 0 aromatic carbocycles. The summed E-state index contributed by atoms with van der Waals surface area (Å²) in [4.78, 5) is 3.46. The molecule has 84 valence electrons. The molecule has 0 unspecified atom stereocenters. The van der Waals surface area contributed by atoms with E-state index in [1.165, 1.54) is 37.9 Å². The van der Waals surface area contributed by atoms with Gasteiger partial charge in [0.05, 0.1) is 6.61 Å². The van der Waals surface area contributed by atoms with Crippen molar-refractivity contribution >= 4 is 0 Å². The Labute approximate surface area is 90.5 Å². The van der Waals surface area contributed by atoms with Gasteiger partial charge in [-0.3, -0.25) is 0 Å². The number of ether oxygens (including phenoxy) is 1. The van der Waals surface area contributed by atoms with Gasteiger partial charge in [0.25, 0.3) is 0 Å². The van der Waals surface area contributed by atoms with Crippen LogP contribution < -0.4 is 4.74 Å². The van der Waals surface area contributed by atoms with Crippen molar-refractivity contribution in [1.29, 1.82) is 0 Å². The molecule has 3 heteroatoms. The van der Waals surface area contributed by atoms with Gasteiger partial charge in [-0.1, -0.05) is 32.6 Å². The molecule has 0 amide bonds. The summed E-state index contributed by atoms with van der Waals surface area (Å²) in [6.07, 6.45) is 7.41. The van der Waals surface area contributed by atoms with Gasteiger partial charge in [-0.2, -0.15) is 4.39 Å². The second-order valence-corrected chi connectivity index (χ2v) is 3.58. The summed E-state index contributed by atoms with van der Waals surface area (Å²) < 4.78 is 18.0. The van der Waals surface area contributed by atoms with Crippen LogP contribution in [0.1, 0.15) is 39.0 Å². The fourth-order valence-electron chi connectivity index (χ4n) is 1.37. The fourth-order valence-corrected chi connectivity index (χ4v) is 1.37. The molecule has 15 heavy (non-hydrogen) atoms. The lowest BCUT2D eigenvalue weighted by Crippen LogP contribution is -1.98. The van der Waals surface area contributed by atoms with Gasteiger partial charge in [-0.25, -0.2) is 4.98 Å². The first-order valence-corrected chi connectivity index (χ1v) is 5.57. The quantitative estimate of drug-likeness (QED) is 0.508. The van der Waals surface area contributed by atoms with Crippen molar-refractivity contribution in [3.05, 3.63) is 24.3 Å². The largest absolute Gasteiger partial charge is 0.493 e. The van der Waals surface area contributed by atoms with Crippen LogP contribution in [0.5, 0.6) is 5.75 Å². The summed E-state index contributed by atoms with van der Waals surface area (Å²) in [6, 6.07) is 2.99. The summed E-state index contributed by atoms with van der Waals surface area (Å²) in [6.45, 7) is 2.85. The molecule has 0 saturated heterocycles. The van der Waals surface area contributed by atoms with E-state index in [1.54, 1.807) is 6.07 Å². The van der Waals surface area contributed by atoms with Crippen LogP contribution in [0.4, 0.5) is 4.39 Å². The average Bonchev–Trinajstić information content (AvgIpc) is 2.23. The third-order valence-electron chi connectivity index (χ3n) is 2.21. The summed E-state index contributed by atoms with van der Waals surface area (Å²) in [7, 11) is 0. The first-order valence-electron chi connectivity index (χ1n) is 5.57. The van der Waals surface area contributed by atoms with E-state index in [9.17, 15) is 4.39 Å². The standard InChI is InChI=1S/C12H18FNO/c1-2-3-4-5-6-9-15-11-7-8-14-12(13)10-11/h7-8,10H,2-6,9H2,1H3. The van der Waals surface area contributed by atoms with E-state index in [-0.39, 0.29) is 0 Å². The molecule has 0 bridgehead atoms. The first kappa shape index (κ1) is 12.0. The van der Waals surface area contributed by atoms with Gasteiger partial charge in [0.1, 0.15) is 5.75 Å². The summed E-state index contributed by atoms with van der Waals surface area (Å²) in [5.74, 6) is 0.0801. The first-order chi connectivity index (χ1) is 7.33. The minimum atomic E-state index is -0.488. The van der Waals surface area contributed by atoms with Crippen LogP contribution in [0.2, 0.25) is 0 Å². The van der Waals surface area contributed by atoms with Crippen LogP contribution in [0.25, 0.3) is 0 Å². The highest BCUT2D eigenvalue weighted by atomic mass is 19.1. The lowest BCUT2D eigenvalue weighted by atomic mass is 10.2. The Balaban J connectivity index is 2.10. The Morgan fingerprint density at radius 2 is 2.07 bits per heavy atom. The number of pyridine rings is 1. The topological polar surface area (TPSA) is 22.1 Å². The van der Waals surface area contributed by atoms with E-state index in [4.69, 9.17) is 4.74 Å². The lowest BCUT2D eigenvalue weighted by Gasteiger charge is -2.05. The third-order valence-corrected chi connectivity index (χ3v) is 2.21. The number of halogens is 1. The van der Waals surface area contributed by atoms with E-state index in [1.807, 2.05) is 0 Å². The van der Waals surface area contributed by atoms with Crippen LogP contribution in [-0.4, -0.2) is 11.6 Å². The van der Waals surface area contributed by atoms with Crippen LogP contribution in [0.3, 0.4) is 0 Å². The van der Waals surface area contributed by atoms with Crippen LogP contribution in [0.15, 0.2) is 18.3 Å². The Bertz CT molecular complexity index is 278. The van der Waals surface area contributed by atoms with E-state index in [2.05, 4.69) is 11.9 Å². The maximum atomic E-state index is 12.7. The highest BCUT2D eigenvalue weighted by Crippen LogP contribution is 2.11.